The molecule has 0 bridgehead atoms. The molecule has 7 nitrogen and oxygen atoms in total. The number of nitrogens with zero attached hydrogens (tertiary/aromatic N) is 3. The van der Waals surface area contributed by atoms with Crippen molar-refractivity contribution in [2.24, 2.45) is 0 Å². The lowest BCUT2D eigenvalue weighted by Gasteiger charge is -2.26. The minimum atomic E-state index is -0.459. The second-order valence-electron chi connectivity index (χ2n) is 6.72. The van der Waals surface area contributed by atoms with E-state index in [0.717, 1.165) is 24.8 Å². The number of carbonyl (C=O) groups excluding carboxylic acids is 1. The van der Waals surface area contributed by atoms with Crippen LogP contribution in [0.25, 0.3) is 22.8 Å². The summed E-state index contributed by atoms with van der Waals surface area (Å²) in [5, 5.41) is 10.9. The molecule has 1 saturated heterocycles. The summed E-state index contributed by atoms with van der Waals surface area (Å²) in [7, 11) is 0. The van der Waals surface area contributed by atoms with E-state index in [1.807, 2.05) is 30.3 Å². The molecule has 0 N–H and O–H groups in total. The van der Waals surface area contributed by atoms with Gasteiger partial charge in [-0.05, 0) is 43.5 Å². The number of nitro groups is 1. The molecule has 2 aromatic carbocycles. The molecule has 1 aliphatic heterocycles. The van der Waals surface area contributed by atoms with E-state index in [-0.39, 0.29) is 17.3 Å². The van der Waals surface area contributed by atoms with Crippen molar-refractivity contribution in [3.05, 3.63) is 70.4 Å². The molecule has 1 aliphatic rings. The van der Waals surface area contributed by atoms with Crippen molar-refractivity contribution in [1.82, 2.24) is 9.88 Å². The molecule has 28 heavy (non-hydrogen) atoms. The fourth-order valence-electron chi connectivity index (χ4n) is 3.35. The molecule has 0 unspecified atom stereocenters. The summed E-state index contributed by atoms with van der Waals surface area (Å²) < 4.78 is 5.97. The highest BCUT2D eigenvalue weighted by molar-refractivity contribution is 5.98. The van der Waals surface area contributed by atoms with Crippen LogP contribution in [0.15, 0.2) is 59.0 Å². The number of benzene rings is 2. The van der Waals surface area contributed by atoms with E-state index in [4.69, 9.17) is 4.42 Å². The van der Waals surface area contributed by atoms with Gasteiger partial charge < -0.3 is 9.32 Å². The molecule has 4 rings (SSSR count). The Labute approximate surface area is 161 Å². The number of amides is 1. The second-order valence-corrected chi connectivity index (χ2v) is 6.72. The zero-order chi connectivity index (χ0) is 19.5. The summed E-state index contributed by atoms with van der Waals surface area (Å²) >= 11 is 0. The smallest absolute Gasteiger partial charge is 0.276 e. The lowest BCUT2D eigenvalue weighted by atomic mass is 10.1. The molecule has 0 atom stereocenters. The molecule has 3 aromatic rings. The van der Waals surface area contributed by atoms with Crippen LogP contribution in [0.2, 0.25) is 0 Å². The third-order valence-corrected chi connectivity index (χ3v) is 4.83. The van der Waals surface area contributed by atoms with Gasteiger partial charge in [0.2, 0.25) is 5.89 Å². The zero-order valence-corrected chi connectivity index (χ0v) is 15.2. The normalized spacial score (nSPS) is 14.1. The Morgan fingerprint density at radius 3 is 2.29 bits per heavy atom. The highest BCUT2D eigenvalue weighted by Gasteiger charge is 2.27. The number of carbonyl (C=O) groups is 1. The summed E-state index contributed by atoms with van der Waals surface area (Å²) in [6, 6.07) is 15.3. The number of non-ortho nitro benzene ring substituents is 1. The van der Waals surface area contributed by atoms with Crippen LogP contribution < -0.4 is 0 Å². The number of aromatic nitrogens is 1. The lowest BCUT2D eigenvalue weighted by Crippen LogP contribution is -2.36. The van der Waals surface area contributed by atoms with Gasteiger partial charge in [-0.2, -0.15) is 0 Å². The van der Waals surface area contributed by atoms with E-state index in [0.29, 0.717) is 30.3 Å². The maximum atomic E-state index is 13.1. The molecule has 1 aromatic heterocycles. The van der Waals surface area contributed by atoms with Crippen LogP contribution in [-0.4, -0.2) is 33.8 Å². The average Bonchev–Trinajstić information content (AvgIpc) is 3.20. The summed E-state index contributed by atoms with van der Waals surface area (Å²) in [6.45, 7) is 1.40. The average molecular weight is 377 g/mol. The van der Waals surface area contributed by atoms with Crippen molar-refractivity contribution in [3.8, 4) is 22.8 Å². The van der Waals surface area contributed by atoms with Crippen molar-refractivity contribution in [2.75, 3.05) is 13.1 Å². The molecular formula is C21H19N3O4. The van der Waals surface area contributed by atoms with Crippen LogP contribution in [0.3, 0.4) is 0 Å². The van der Waals surface area contributed by atoms with E-state index in [1.165, 1.54) is 12.1 Å². The first-order chi connectivity index (χ1) is 13.6. The van der Waals surface area contributed by atoms with Crippen LogP contribution in [0.1, 0.15) is 29.8 Å². The molecule has 1 fully saturated rings. The molecule has 0 saturated carbocycles. The van der Waals surface area contributed by atoms with Gasteiger partial charge in [0.05, 0.1) is 4.92 Å². The van der Waals surface area contributed by atoms with Crippen LogP contribution in [0.5, 0.6) is 0 Å². The quantitative estimate of drug-likeness (QED) is 0.492. The third-order valence-electron chi connectivity index (χ3n) is 4.83. The summed E-state index contributed by atoms with van der Waals surface area (Å²) in [6.07, 6.45) is 3.07. The maximum Gasteiger partial charge on any atom is 0.276 e. The SMILES string of the molecule is O=C(c1nc(-c2ccccc2)oc1-c1ccc([N+](=O)[O-])cc1)N1CCCCC1. The Morgan fingerprint density at radius 2 is 1.64 bits per heavy atom. The first kappa shape index (κ1) is 17.9. The van der Waals surface area contributed by atoms with Crippen molar-refractivity contribution in [2.45, 2.75) is 19.3 Å². The largest absolute Gasteiger partial charge is 0.435 e. The minimum Gasteiger partial charge on any atom is -0.435 e. The van der Waals surface area contributed by atoms with Gasteiger partial charge in [-0.3, -0.25) is 14.9 Å². The Morgan fingerprint density at radius 1 is 0.964 bits per heavy atom. The predicted molar refractivity (Wildman–Crippen MR) is 104 cm³/mol. The van der Waals surface area contributed by atoms with E-state index in [2.05, 4.69) is 4.98 Å². The molecule has 142 valence electrons. The number of nitro benzene ring substituents is 1. The lowest BCUT2D eigenvalue weighted by molar-refractivity contribution is -0.384. The van der Waals surface area contributed by atoms with Gasteiger partial charge >= 0.3 is 0 Å². The van der Waals surface area contributed by atoms with Crippen molar-refractivity contribution in [3.63, 3.8) is 0 Å². The number of likely N-dealkylation sites (tertiary alicyclic amines) is 1. The first-order valence-corrected chi connectivity index (χ1v) is 9.24. The van der Waals surface area contributed by atoms with Crippen molar-refractivity contribution < 1.29 is 14.1 Å². The number of hydrogen-bond donors (Lipinski definition) is 0. The zero-order valence-electron chi connectivity index (χ0n) is 15.2. The summed E-state index contributed by atoms with van der Waals surface area (Å²) in [5.41, 5.74) is 1.58. The third kappa shape index (κ3) is 3.51. The molecular weight excluding hydrogens is 358 g/mol. The molecule has 7 heteroatoms. The van der Waals surface area contributed by atoms with Gasteiger partial charge in [-0.1, -0.05) is 18.2 Å². The highest BCUT2D eigenvalue weighted by Crippen LogP contribution is 2.32. The molecule has 1 amide bonds. The van der Waals surface area contributed by atoms with Gasteiger partial charge in [-0.25, -0.2) is 4.98 Å². The first-order valence-electron chi connectivity index (χ1n) is 9.24. The fraction of sp³-hybridized carbons (Fsp3) is 0.238. The summed E-state index contributed by atoms with van der Waals surface area (Å²) in [4.78, 5) is 29.9. The van der Waals surface area contributed by atoms with Crippen LogP contribution in [0.4, 0.5) is 5.69 Å². The Kier molecular flexibility index (Phi) is 4.89. The van der Waals surface area contributed by atoms with Gasteiger partial charge in [0.25, 0.3) is 11.6 Å². The van der Waals surface area contributed by atoms with Crippen LogP contribution >= 0.6 is 0 Å². The predicted octanol–water partition coefficient (Wildman–Crippen LogP) is 4.54. The maximum absolute atomic E-state index is 13.1. The highest BCUT2D eigenvalue weighted by atomic mass is 16.6. The standard InChI is InChI=1S/C21H19N3O4/c25-21(23-13-5-2-6-14-23)18-19(15-9-11-17(12-10-15)24(26)27)28-20(22-18)16-7-3-1-4-8-16/h1,3-4,7-12H,2,5-6,13-14H2. The van der Waals surface area contributed by atoms with E-state index < -0.39 is 4.92 Å². The van der Waals surface area contributed by atoms with Gasteiger partial charge in [0, 0.05) is 36.3 Å². The monoisotopic (exact) mass is 377 g/mol. The second kappa shape index (κ2) is 7.64. The van der Waals surface area contributed by atoms with Gasteiger partial charge in [-0.15, -0.1) is 0 Å². The summed E-state index contributed by atoms with van der Waals surface area (Å²) in [5.74, 6) is 0.526. The molecule has 0 spiro atoms. The molecule has 0 radical (unpaired) electrons. The van der Waals surface area contributed by atoms with Crippen LogP contribution in [-0.2, 0) is 0 Å². The van der Waals surface area contributed by atoms with Crippen molar-refractivity contribution in [1.29, 1.82) is 0 Å². The molecule has 2 heterocycles. The Balaban J connectivity index is 1.77. The minimum absolute atomic E-state index is 0.0181. The topological polar surface area (TPSA) is 89.5 Å². The van der Waals surface area contributed by atoms with E-state index in [9.17, 15) is 14.9 Å². The Hall–Kier alpha value is -3.48. The van der Waals surface area contributed by atoms with Crippen LogP contribution in [0, 0.1) is 10.1 Å². The number of oxazole rings is 1. The fourth-order valence-corrected chi connectivity index (χ4v) is 3.35. The number of hydrogen-bond acceptors (Lipinski definition) is 5. The van der Waals surface area contributed by atoms with Gasteiger partial charge in [0.15, 0.2) is 11.5 Å². The number of piperidine rings is 1. The van der Waals surface area contributed by atoms with Crippen molar-refractivity contribution >= 4 is 11.6 Å². The molecule has 0 aliphatic carbocycles. The van der Waals surface area contributed by atoms with E-state index >= 15 is 0 Å². The van der Waals surface area contributed by atoms with Gasteiger partial charge in [0.1, 0.15) is 0 Å². The Bertz CT molecular complexity index is 990. The van der Waals surface area contributed by atoms with E-state index in [1.54, 1.807) is 17.0 Å². The number of rotatable bonds is 4.